The van der Waals surface area contributed by atoms with E-state index in [4.69, 9.17) is 9.97 Å². The number of aromatic nitrogens is 4. The quantitative estimate of drug-likeness (QED) is 0.222. The van der Waals surface area contributed by atoms with Gasteiger partial charge < -0.3 is 19.8 Å². The largest absolute Gasteiger partial charge is 0.340 e. The summed E-state index contributed by atoms with van der Waals surface area (Å²) in [6, 6.07) is 12.3. The normalized spacial score (nSPS) is 22.3. The molecule has 4 heterocycles. The number of carbonyl (C=O) groups excluding carboxylic acids is 2. The van der Waals surface area contributed by atoms with Crippen molar-refractivity contribution in [1.82, 2.24) is 29.7 Å². The van der Waals surface area contributed by atoms with Crippen LogP contribution in [0.4, 0.5) is 0 Å². The zero-order valence-corrected chi connectivity index (χ0v) is 26.7. The lowest BCUT2D eigenvalue weighted by Crippen LogP contribution is -2.32. The average Bonchev–Trinajstić information content (AvgIpc) is 3.91. The minimum atomic E-state index is 0.0306. The SMILES string of the molecule is O=C(CC1CCCC1)N1CCC[C@H]1c1nc2cc(C#Cc3ccc4[nH]c([C@@H]5CCCN5C(=O)CC5CCCC5)nc4c3)ccc2[nH]1. The van der Waals surface area contributed by atoms with Gasteiger partial charge in [0.05, 0.1) is 34.2 Å². The number of hydrogen-bond acceptors (Lipinski definition) is 4. The molecule has 238 valence electrons. The predicted octanol–water partition coefficient (Wildman–Crippen LogP) is 7.33. The van der Waals surface area contributed by atoms with Crippen molar-refractivity contribution in [3.05, 3.63) is 59.2 Å². The molecule has 4 aromatic rings. The Morgan fingerprint density at radius 1 is 0.630 bits per heavy atom. The first-order chi connectivity index (χ1) is 22.6. The van der Waals surface area contributed by atoms with Gasteiger partial charge in [-0.25, -0.2) is 9.97 Å². The first-order valence-electron chi connectivity index (χ1n) is 17.7. The number of nitrogens with zero attached hydrogens (tertiary/aromatic N) is 4. The summed E-state index contributed by atoms with van der Waals surface area (Å²) in [5.74, 6) is 10.1. The summed E-state index contributed by atoms with van der Waals surface area (Å²) in [7, 11) is 0. The molecule has 2 aromatic heterocycles. The highest BCUT2D eigenvalue weighted by Crippen LogP contribution is 2.36. The summed E-state index contributed by atoms with van der Waals surface area (Å²) in [6.07, 6.45) is 15.1. The molecule has 4 aliphatic rings. The number of likely N-dealkylation sites (tertiary alicyclic amines) is 2. The van der Waals surface area contributed by atoms with Gasteiger partial charge in [0.25, 0.3) is 0 Å². The Balaban J connectivity index is 0.963. The van der Waals surface area contributed by atoms with Crippen molar-refractivity contribution in [3.8, 4) is 11.8 Å². The minimum absolute atomic E-state index is 0.0306. The van der Waals surface area contributed by atoms with Gasteiger partial charge in [-0.2, -0.15) is 0 Å². The summed E-state index contributed by atoms with van der Waals surface area (Å²) < 4.78 is 0. The second-order valence-corrected chi connectivity index (χ2v) is 14.2. The lowest BCUT2D eigenvalue weighted by atomic mass is 10.0. The number of H-pyrrole nitrogens is 2. The van der Waals surface area contributed by atoms with Gasteiger partial charge in [0.2, 0.25) is 11.8 Å². The maximum atomic E-state index is 13.2. The fourth-order valence-corrected chi connectivity index (χ4v) is 8.52. The molecule has 2 aliphatic carbocycles. The molecule has 0 bridgehead atoms. The highest BCUT2D eigenvalue weighted by molar-refractivity contribution is 5.80. The van der Waals surface area contributed by atoms with Crippen molar-refractivity contribution < 1.29 is 9.59 Å². The van der Waals surface area contributed by atoms with Gasteiger partial charge in [-0.1, -0.05) is 37.5 Å². The molecule has 2 N–H and O–H groups in total. The molecule has 8 rings (SSSR count). The van der Waals surface area contributed by atoms with E-state index in [2.05, 4.69) is 31.6 Å². The van der Waals surface area contributed by atoms with Crippen LogP contribution in [0.3, 0.4) is 0 Å². The summed E-state index contributed by atoms with van der Waals surface area (Å²) in [5, 5.41) is 0. The average molecular weight is 617 g/mol. The lowest BCUT2D eigenvalue weighted by molar-refractivity contribution is -0.134. The Kier molecular flexibility index (Phi) is 8.01. The molecule has 2 saturated heterocycles. The predicted molar refractivity (Wildman–Crippen MR) is 179 cm³/mol. The zero-order chi connectivity index (χ0) is 31.0. The standard InChI is InChI=1S/C38H44N6O2/c45-35(23-25-7-1-2-8-25)43-19-5-11-33(43)37-39-29-17-15-27(21-31(29)41-37)13-14-28-16-18-30-32(22-28)42-38(40-30)34-12-6-20-44(34)36(46)24-26-9-3-4-10-26/h15-18,21-22,25-26,33-34H,1-12,19-20,23-24H2,(H,39,41)(H,40,42)/t33-,34-/m0/s1. The number of amides is 2. The van der Waals surface area contributed by atoms with Crippen molar-refractivity contribution in [2.24, 2.45) is 11.8 Å². The number of benzene rings is 2. The first kappa shape index (κ1) is 29.3. The third-order valence-corrected chi connectivity index (χ3v) is 11.0. The molecule has 0 spiro atoms. The van der Waals surface area contributed by atoms with Gasteiger partial charge in [0.1, 0.15) is 11.6 Å². The molecular formula is C38H44N6O2. The molecule has 2 aliphatic heterocycles. The topological polar surface area (TPSA) is 98.0 Å². The Labute approximate surface area is 270 Å². The number of rotatable bonds is 6. The Morgan fingerprint density at radius 2 is 1.07 bits per heavy atom. The van der Waals surface area contributed by atoms with E-state index in [0.717, 1.165) is 83.6 Å². The summed E-state index contributed by atoms with van der Waals surface area (Å²) >= 11 is 0. The molecule has 46 heavy (non-hydrogen) atoms. The van der Waals surface area contributed by atoms with Gasteiger partial charge in [-0.3, -0.25) is 9.59 Å². The molecule has 8 nitrogen and oxygen atoms in total. The van der Waals surface area contributed by atoms with Crippen molar-refractivity contribution in [2.45, 2.75) is 102 Å². The van der Waals surface area contributed by atoms with Crippen molar-refractivity contribution >= 4 is 33.9 Å². The van der Waals surface area contributed by atoms with Gasteiger partial charge in [0, 0.05) is 37.1 Å². The van der Waals surface area contributed by atoms with Crippen molar-refractivity contribution in [3.63, 3.8) is 0 Å². The van der Waals surface area contributed by atoms with Crippen LogP contribution in [0.25, 0.3) is 22.1 Å². The summed E-state index contributed by atoms with van der Waals surface area (Å²) in [6.45, 7) is 1.65. The molecule has 2 aromatic carbocycles. The Hall–Kier alpha value is -4.12. The van der Waals surface area contributed by atoms with Crippen LogP contribution in [-0.4, -0.2) is 54.6 Å². The van der Waals surface area contributed by atoms with E-state index in [1.165, 1.54) is 51.4 Å². The van der Waals surface area contributed by atoms with E-state index < -0.39 is 0 Å². The maximum Gasteiger partial charge on any atom is 0.223 e. The van der Waals surface area contributed by atoms with E-state index in [1.807, 2.05) is 36.4 Å². The molecule has 8 heteroatoms. The summed E-state index contributed by atoms with van der Waals surface area (Å²) in [4.78, 5) is 47.3. The van der Waals surface area contributed by atoms with Crippen LogP contribution in [0.15, 0.2) is 36.4 Å². The van der Waals surface area contributed by atoms with Crippen LogP contribution in [0.2, 0.25) is 0 Å². The number of aromatic amines is 2. The maximum absolute atomic E-state index is 13.2. The van der Waals surface area contributed by atoms with Crippen molar-refractivity contribution in [2.75, 3.05) is 13.1 Å². The number of carbonyl (C=O) groups is 2. The molecule has 0 radical (unpaired) electrons. The lowest BCUT2D eigenvalue weighted by Gasteiger charge is -2.24. The number of fused-ring (bicyclic) bond motifs is 2. The van der Waals surface area contributed by atoms with E-state index in [9.17, 15) is 9.59 Å². The van der Waals surface area contributed by atoms with Crippen LogP contribution in [-0.2, 0) is 9.59 Å². The monoisotopic (exact) mass is 616 g/mol. The molecule has 2 saturated carbocycles. The van der Waals surface area contributed by atoms with E-state index >= 15 is 0 Å². The fraction of sp³-hybridized carbons (Fsp3) is 0.526. The van der Waals surface area contributed by atoms with Gasteiger partial charge in [0.15, 0.2) is 0 Å². The molecule has 2 amide bonds. The van der Waals surface area contributed by atoms with Crippen LogP contribution >= 0.6 is 0 Å². The van der Waals surface area contributed by atoms with E-state index in [0.29, 0.717) is 24.7 Å². The molecular weight excluding hydrogens is 572 g/mol. The summed E-state index contributed by atoms with van der Waals surface area (Å²) in [5.41, 5.74) is 5.51. The third kappa shape index (κ3) is 5.92. The van der Waals surface area contributed by atoms with E-state index in [1.54, 1.807) is 0 Å². The Bertz CT molecular complexity index is 1680. The van der Waals surface area contributed by atoms with Crippen LogP contribution in [0.1, 0.15) is 125 Å². The number of nitrogens with one attached hydrogen (secondary N) is 2. The van der Waals surface area contributed by atoms with E-state index in [-0.39, 0.29) is 23.9 Å². The fourth-order valence-electron chi connectivity index (χ4n) is 8.52. The van der Waals surface area contributed by atoms with Crippen molar-refractivity contribution in [1.29, 1.82) is 0 Å². The second-order valence-electron chi connectivity index (χ2n) is 14.2. The third-order valence-electron chi connectivity index (χ3n) is 11.0. The first-order valence-corrected chi connectivity index (χ1v) is 17.7. The molecule has 0 unspecified atom stereocenters. The van der Waals surface area contributed by atoms with Crippen LogP contribution in [0.5, 0.6) is 0 Å². The van der Waals surface area contributed by atoms with Gasteiger partial charge >= 0.3 is 0 Å². The van der Waals surface area contributed by atoms with Gasteiger partial charge in [-0.05, 0) is 99.6 Å². The molecule has 2 atom stereocenters. The Morgan fingerprint density at radius 3 is 1.50 bits per heavy atom. The van der Waals surface area contributed by atoms with Crippen LogP contribution in [0, 0.1) is 23.7 Å². The second kappa shape index (κ2) is 12.6. The van der Waals surface area contributed by atoms with Gasteiger partial charge in [-0.15, -0.1) is 0 Å². The molecule has 4 fully saturated rings. The number of imidazole rings is 2. The number of hydrogen-bond donors (Lipinski definition) is 2. The zero-order valence-electron chi connectivity index (χ0n) is 26.7. The van der Waals surface area contributed by atoms with Crippen LogP contribution < -0.4 is 0 Å². The smallest absolute Gasteiger partial charge is 0.223 e. The highest BCUT2D eigenvalue weighted by Gasteiger charge is 2.35. The highest BCUT2D eigenvalue weighted by atomic mass is 16.2. The minimum Gasteiger partial charge on any atom is -0.340 e.